The summed E-state index contributed by atoms with van der Waals surface area (Å²) in [6.07, 6.45) is 8.65. The van der Waals surface area contributed by atoms with Crippen LogP contribution in [0.3, 0.4) is 0 Å². The lowest BCUT2D eigenvalue weighted by Crippen LogP contribution is -2.21. The van der Waals surface area contributed by atoms with Crippen LogP contribution in [-0.2, 0) is 10.5 Å². The van der Waals surface area contributed by atoms with Crippen LogP contribution in [0.15, 0.2) is 59.4 Å². The monoisotopic (exact) mass is 558 g/mol. The molecule has 0 spiro atoms. The van der Waals surface area contributed by atoms with Crippen molar-refractivity contribution in [2.45, 2.75) is 39.2 Å². The molecule has 0 radical (unpaired) electrons. The third kappa shape index (κ3) is 4.58. The minimum absolute atomic E-state index is 0.123. The highest BCUT2D eigenvalue weighted by molar-refractivity contribution is 7.81. The zero-order chi connectivity index (χ0) is 28.2. The fourth-order valence-electron chi connectivity index (χ4n) is 5.34. The van der Waals surface area contributed by atoms with Gasteiger partial charge in [-0.25, -0.2) is 0 Å². The van der Waals surface area contributed by atoms with Crippen LogP contribution in [0.5, 0.6) is 11.5 Å². The van der Waals surface area contributed by atoms with E-state index in [1.807, 2.05) is 38.1 Å². The number of nitrogens with one attached hydrogen (secondary N) is 1. The molecular weight excluding hydrogens is 531 g/mol. The molecule has 7 nitrogen and oxygen atoms in total. The lowest BCUT2D eigenvalue weighted by Gasteiger charge is -2.31. The molecule has 204 valence electrons. The smallest absolute Gasteiger partial charge is 0.488 e. The summed E-state index contributed by atoms with van der Waals surface area (Å²) in [4.78, 5) is 17.6. The first-order valence-corrected chi connectivity index (χ1v) is 14.5. The predicted molar refractivity (Wildman–Crippen MR) is 155 cm³/mol. The maximum atomic E-state index is 14.1. The Labute approximate surface area is 230 Å². The summed E-state index contributed by atoms with van der Waals surface area (Å²) in [7, 11) is -5.20. The molecule has 2 heterocycles. The molecule has 0 amide bonds. The van der Waals surface area contributed by atoms with Crippen molar-refractivity contribution < 1.29 is 21.2 Å². The topological polar surface area (TPSA) is 90.4 Å². The molecule has 6 rings (SSSR count). The zero-order valence-electron chi connectivity index (χ0n) is 22.0. The van der Waals surface area contributed by atoms with Gasteiger partial charge in [-0.15, -0.1) is 6.42 Å². The highest BCUT2D eigenvalue weighted by Gasteiger charge is 2.27. The molecule has 3 aromatic carbocycles. The highest BCUT2D eigenvalue weighted by Crippen LogP contribution is 2.41. The molecule has 0 unspecified atom stereocenters. The number of terminal acetylenes is 1. The van der Waals surface area contributed by atoms with Gasteiger partial charge in [0.15, 0.2) is 5.43 Å². The van der Waals surface area contributed by atoms with Gasteiger partial charge in [0.05, 0.1) is 22.9 Å². The van der Waals surface area contributed by atoms with Crippen molar-refractivity contribution in [2.75, 3.05) is 6.61 Å². The summed E-state index contributed by atoms with van der Waals surface area (Å²) in [5, 5.41) is 1.92. The van der Waals surface area contributed by atoms with E-state index in [0.717, 1.165) is 46.9 Å². The Morgan fingerprint density at radius 3 is 2.60 bits per heavy atom. The molecule has 2 aromatic heterocycles. The molecule has 1 fully saturated rings. The van der Waals surface area contributed by atoms with E-state index in [1.54, 1.807) is 18.2 Å². The van der Waals surface area contributed by atoms with Crippen LogP contribution >= 0.6 is 0 Å². The fraction of sp³-hybridized carbons (Fsp3) is 0.258. The van der Waals surface area contributed by atoms with E-state index < -0.39 is 10.5 Å². The fourth-order valence-corrected chi connectivity index (χ4v) is 5.68. The largest absolute Gasteiger partial charge is 0.493 e. The second-order valence-corrected chi connectivity index (χ2v) is 11.6. The maximum absolute atomic E-state index is 14.1. The number of ether oxygens (including phenoxy) is 1. The third-order valence-electron chi connectivity index (χ3n) is 7.37. The van der Waals surface area contributed by atoms with Gasteiger partial charge in [0.1, 0.15) is 17.1 Å². The van der Waals surface area contributed by atoms with Gasteiger partial charge in [0, 0.05) is 28.1 Å². The van der Waals surface area contributed by atoms with Gasteiger partial charge < -0.3 is 18.5 Å². The summed E-state index contributed by atoms with van der Waals surface area (Å²) in [5.41, 5.74) is 4.03. The number of hydrogen-bond donors (Lipinski definition) is 1. The number of hydrogen-bond acceptors (Lipinski definition) is 5. The molecular formula is C31H27FN2O5S. The normalized spacial score (nSPS) is 14.1. The van der Waals surface area contributed by atoms with E-state index in [-0.39, 0.29) is 23.1 Å². The summed E-state index contributed by atoms with van der Waals surface area (Å²) in [5.74, 6) is 3.16. The average Bonchev–Trinajstić information content (AvgIpc) is 3.26. The van der Waals surface area contributed by atoms with Crippen molar-refractivity contribution >= 4 is 43.3 Å². The number of nitrogens with zero attached hydrogens (tertiary/aromatic N) is 1. The van der Waals surface area contributed by atoms with Gasteiger partial charge in [0.25, 0.3) is 0 Å². The number of benzene rings is 3. The number of halogens is 1. The molecule has 40 heavy (non-hydrogen) atoms. The number of fused-ring (bicyclic) bond motifs is 4. The van der Waals surface area contributed by atoms with Crippen molar-refractivity contribution in [1.29, 1.82) is 0 Å². The lowest BCUT2D eigenvalue weighted by atomic mass is 9.91. The van der Waals surface area contributed by atoms with Crippen molar-refractivity contribution in [2.24, 2.45) is 5.92 Å². The van der Waals surface area contributed by atoms with Gasteiger partial charge in [-0.05, 0) is 67.1 Å². The van der Waals surface area contributed by atoms with Crippen LogP contribution in [0.2, 0.25) is 0 Å². The minimum atomic E-state index is -5.20. The minimum Gasteiger partial charge on any atom is -0.493 e. The molecule has 1 saturated carbocycles. The van der Waals surface area contributed by atoms with Crippen LogP contribution in [0, 0.1) is 18.3 Å². The molecule has 1 aliphatic rings. The molecule has 1 aliphatic carbocycles. The van der Waals surface area contributed by atoms with Gasteiger partial charge in [-0.1, -0.05) is 41.9 Å². The Morgan fingerprint density at radius 1 is 1.12 bits per heavy atom. The summed E-state index contributed by atoms with van der Waals surface area (Å²) in [6, 6.07) is 15.6. The van der Waals surface area contributed by atoms with Crippen molar-refractivity contribution in [1.82, 2.24) is 9.55 Å². The first kappa shape index (κ1) is 26.0. The Kier molecular flexibility index (Phi) is 6.31. The molecule has 0 aliphatic heterocycles. The number of rotatable bonds is 7. The van der Waals surface area contributed by atoms with Crippen LogP contribution in [-0.4, -0.2) is 24.6 Å². The van der Waals surface area contributed by atoms with Gasteiger partial charge in [0.2, 0.25) is 0 Å². The first-order chi connectivity index (χ1) is 19.1. The van der Waals surface area contributed by atoms with E-state index in [4.69, 9.17) is 11.2 Å². The predicted octanol–water partition coefficient (Wildman–Crippen LogP) is 6.64. The van der Waals surface area contributed by atoms with Crippen molar-refractivity contribution in [3.05, 3.63) is 70.4 Å². The van der Waals surface area contributed by atoms with Crippen LogP contribution in [0.4, 0.5) is 3.89 Å². The Hall–Kier alpha value is -4.29. The van der Waals surface area contributed by atoms with Crippen LogP contribution in [0.25, 0.3) is 44.0 Å². The molecule has 1 N–H and O–H groups in total. The van der Waals surface area contributed by atoms with Crippen molar-refractivity contribution in [3.8, 4) is 35.0 Å². The summed E-state index contributed by atoms with van der Waals surface area (Å²) >= 11 is 0. The number of aromatic nitrogens is 2. The molecule has 0 saturated heterocycles. The highest BCUT2D eigenvalue weighted by atomic mass is 32.3. The van der Waals surface area contributed by atoms with Crippen LogP contribution < -0.4 is 14.3 Å². The van der Waals surface area contributed by atoms with E-state index in [9.17, 15) is 17.1 Å². The number of H-pyrrole nitrogens is 1. The molecule has 0 bridgehead atoms. The summed E-state index contributed by atoms with van der Waals surface area (Å²) < 4.78 is 48.5. The Bertz CT molecular complexity index is 2010. The van der Waals surface area contributed by atoms with E-state index in [0.29, 0.717) is 34.3 Å². The molecule has 5 aromatic rings. The maximum Gasteiger partial charge on any atom is 0.488 e. The number of aromatic amines is 1. The van der Waals surface area contributed by atoms with Crippen LogP contribution in [0.1, 0.15) is 44.7 Å². The van der Waals surface area contributed by atoms with E-state index in [2.05, 4.69) is 19.7 Å². The third-order valence-corrected chi connectivity index (χ3v) is 7.76. The first-order valence-electron chi connectivity index (χ1n) is 13.1. The average molecular weight is 559 g/mol. The van der Waals surface area contributed by atoms with E-state index >= 15 is 0 Å². The second kappa shape index (κ2) is 9.72. The zero-order valence-corrected chi connectivity index (χ0v) is 22.8. The summed E-state index contributed by atoms with van der Waals surface area (Å²) in [6.45, 7) is 4.43. The quantitative estimate of drug-likeness (QED) is 0.179. The SMILES string of the molecule is C#Cc1ccc2c(c1)[nH]c1c2c(=O)c2cc(OCC(C)C)c(-c3cccc(OS(=O)(=O)F)c3)cc2n1C1CCC1. The van der Waals surface area contributed by atoms with Crippen molar-refractivity contribution in [3.63, 3.8) is 0 Å². The molecule has 9 heteroatoms. The molecule has 0 atom stereocenters. The lowest BCUT2D eigenvalue weighted by molar-refractivity contribution is 0.272. The second-order valence-electron chi connectivity index (χ2n) is 10.6. The number of pyridine rings is 1. The van der Waals surface area contributed by atoms with Gasteiger partial charge in [-0.3, -0.25) is 4.79 Å². The van der Waals surface area contributed by atoms with E-state index in [1.165, 1.54) is 12.1 Å². The van der Waals surface area contributed by atoms with Gasteiger partial charge in [-0.2, -0.15) is 8.42 Å². The Morgan fingerprint density at radius 2 is 1.93 bits per heavy atom. The van der Waals surface area contributed by atoms with Gasteiger partial charge >= 0.3 is 10.5 Å². The standard InChI is InChI=1S/C31H27FN2O5S/c1-4-19-11-12-23-26(13-19)33-31-29(23)30(35)25-16-28(38-17-18(2)3)24(15-27(25)34(31)21-8-6-9-21)20-7-5-10-22(14-20)39-40(32,36)37/h1,5,7,10-16,18,21,33H,6,8-9,17H2,2-3H3. The Balaban J connectivity index is 1.68.